The van der Waals surface area contributed by atoms with Crippen molar-refractivity contribution in [1.82, 2.24) is 19.8 Å². The van der Waals surface area contributed by atoms with Crippen LogP contribution in [0, 0.1) is 6.92 Å². The van der Waals surface area contributed by atoms with Crippen LogP contribution in [0.2, 0.25) is 0 Å². The zero-order valence-electron chi connectivity index (χ0n) is 10.5. The van der Waals surface area contributed by atoms with Crippen LogP contribution in [-0.2, 0) is 0 Å². The van der Waals surface area contributed by atoms with E-state index in [0.29, 0.717) is 18.2 Å². The molecule has 100 valence electrons. The Labute approximate surface area is 105 Å². The van der Waals surface area contributed by atoms with Crippen LogP contribution in [0.15, 0.2) is 4.79 Å². The van der Waals surface area contributed by atoms with Crippen LogP contribution in [0.3, 0.4) is 0 Å². The van der Waals surface area contributed by atoms with E-state index in [9.17, 15) is 4.79 Å². The molecule has 2 heterocycles. The fourth-order valence-corrected chi connectivity index (χ4v) is 2.05. The van der Waals surface area contributed by atoms with E-state index < -0.39 is 0 Å². The van der Waals surface area contributed by atoms with Crippen LogP contribution in [0.4, 0.5) is 5.95 Å². The van der Waals surface area contributed by atoms with Crippen molar-refractivity contribution in [2.45, 2.75) is 6.92 Å². The third-order valence-electron chi connectivity index (χ3n) is 3.13. The van der Waals surface area contributed by atoms with Gasteiger partial charge in [0.25, 0.3) is 5.56 Å². The van der Waals surface area contributed by atoms with Crippen molar-refractivity contribution in [2.24, 2.45) is 5.73 Å². The van der Waals surface area contributed by atoms with Gasteiger partial charge in [-0.15, -0.1) is 10.2 Å². The maximum atomic E-state index is 11.7. The Morgan fingerprint density at radius 3 is 2.50 bits per heavy atom. The predicted molar refractivity (Wildman–Crippen MR) is 68.9 cm³/mol. The first-order valence-corrected chi connectivity index (χ1v) is 6.02. The average Bonchev–Trinajstić information content (AvgIpc) is 2.38. The van der Waals surface area contributed by atoms with Gasteiger partial charge in [0.2, 0.25) is 5.95 Å². The molecule has 1 saturated heterocycles. The molecule has 1 aromatic rings. The van der Waals surface area contributed by atoms with Gasteiger partial charge in [-0.25, -0.2) is 0 Å². The number of hydrogen-bond acceptors (Lipinski definition) is 7. The zero-order chi connectivity index (χ0) is 13.1. The summed E-state index contributed by atoms with van der Waals surface area (Å²) in [6.07, 6.45) is 0. The molecule has 0 amide bonds. The highest BCUT2D eigenvalue weighted by Gasteiger charge is 2.20. The maximum absolute atomic E-state index is 11.7. The molecule has 8 heteroatoms. The fraction of sp³-hybridized carbons (Fsp3) is 0.700. The van der Waals surface area contributed by atoms with Crippen molar-refractivity contribution in [3.05, 3.63) is 16.0 Å². The van der Waals surface area contributed by atoms with Crippen molar-refractivity contribution >= 4 is 5.95 Å². The molecule has 0 saturated carbocycles. The second-order valence-electron chi connectivity index (χ2n) is 4.38. The van der Waals surface area contributed by atoms with Crippen molar-refractivity contribution in [1.29, 1.82) is 0 Å². The van der Waals surface area contributed by atoms with E-state index in [1.807, 2.05) is 4.90 Å². The Bertz CT molecular complexity index is 464. The Kier molecular flexibility index (Phi) is 3.78. The number of anilines is 1. The first-order valence-electron chi connectivity index (χ1n) is 6.02. The molecular weight excluding hydrogens is 234 g/mol. The lowest BCUT2D eigenvalue weighted by molar-refractivity contribution is 0.262. The lowest BCUT2D eigenvalue weighted by Gasteiger charge is -2.35. The van der Waals surface area contributed by atoms with Gasteiger partial charge in [-0.2, -0.15) is 4.68 Å². The van der Waals surface area contributed by atoms with Gasteiger partial charge in [-0.05, 0) is 6.92 Å². The second-order valence-corrected chi connectivity index (χ2v) is 4.38. The Balaban J connectivity index is 2.10. The van der Waals surface area contributed by atoms with Crippen LogP contribution >= 0.6 is 0 Å². The lowest BCUT2D eigenvalue weighted by Crippen LogP contribution is -2.50. The van der Waals surface area contributed by atoms with E-state index in [0.717, 1.165) is 37.4 Å². The first kappa shape index (κ1) is 12.8. The summed E-state index contributed by atoms with van der Waals surface area (Å²) in [5.41, 5.74) is 5.53. The molecule has 0 radical (unpaired) electrons. The third kappa shape index (κ3) is 2.44. The van der Waals surface area contributed by atoms with E-state index in [1.165, 1.54) is 0 Å². The molecule has 2 rings (SSSR count). The Hall–Kier alpha value is -1.67. The lowest BCUT2D eigenvalue weighted by atomic mass is 10.3. The highest BCUT2D eigenvalue weighted by atomic mass is 16.1. The van der Waals surface area contributed by atoms with Crippen LogP contribution in [0.5, 0.6) is 0 Å². The first-order chi connectivity index (χ1) is 8.63. The smallest absolute Gasteiger partial charge is 0.295 e. The standard InChI is InChI=1S/C10H19N7O/c1-8-9(18)17(12)10(14-13-8)16-6-4-15(3-2-11)5-7-16/h2-7,11-12H2,1H3. The van der Waals surface area contributed by atoms with E-state index in [2.05, 4.69) is 15.1 Å². The second kappa shape index (κ2) is 5.32. The topological polar surface area (TPSA) is 106 Å². The molecular formula is C10H19N7O. The molecule has 8 nitrogen and oxygen atoms in total. The minimum Gasteiger partial charge on any atom is -0.337 e. The predicted octanol–water partition coefficient (Wildman–Crippen LogP) is -2.26. The number of aryl methyl sites for hydroxylation is 1. The summed E-state index contributed by atoms with van der Waals surface area (Å²) in [4.78, 5) is 15.9. The van der Waals surface area contributed by atoms with Gasteiger partial charge < -0.3 is 16.5 Å². The molecule has 0 atom stereocenters. The number of nitrogens with two attached hydrogens (primary N) is 2. The minimum atomic E-state index is -0.301. The highest BCUT2D eigenvalue weighted by Crippen LogP contribution is 2.09. The molecule has 18 heavy (non-hydrogen) atoms. The molecule has 0 aromatic carbocycles. The van der Waals surface area contributed by atoms with Crippen LogP contribution in [0.1, 0.15) is 5.69 Å². The number of aromatic nitrogens is 3. The van der Waals surface area contributed by atoms with Gasteiger partial charge in [0, 0.05) is 39.3 Å². The highest BCUT2D eigenvalue weighted by molar-refractivity contribution is 5.30. The summed E-state index contributed by atoms with van der Waals surface area (Å²) < 4.78 is 1.07. The summed E-state index contributed by atoms with van der Waals surface area (Å²) >= 11 is 0. The largest absolute Gasteiger partial charge is 0.337 e. The number of hydrogen-bond donors (Lipinski definition) is 2. The van der Waals surface area contributed by atoms with Crippen LogP contribution in [-0.4, -0.2) is 59.0 Å². The van der Waals surface area contributed by atoms with Crippen molar-refractivity contribution in [2.75, 3.05) is 50.0 Å². The van der Waals surface area contributed by atoms with E-state index in [-0.39, 0.29) is 5.56 Å². The van der Waals surface area contributed by atoms with Gasteiger partial charge in [0.05, 0.1) is 0 Å². The molecule has 0 spiro atoms. The molecule has 1 aromatic heterocycles. The summed E-state index contributed by atoms with van der Waals surface area (Å²) in [6.45, 7) is 6.47. The fourth-order valence-electron chi connectivity index (χ4n) is 2.05. The van der Waals surface area contributed by atoms with E-state index in [1.54, 1.807) is 6.92 Å². The van der Waals surface area contributed by atoms with Crippen molar-refractivity contribution in [3.8, 4) is 0 Å². The van der Waals surface area contributed by atoms with Gasteiger partial charge in [-0.1, -0.05) is 0 Å². The summed E-state index contributed by atoms with van der Waals surface area (Å²) in [7, 11) is 0. The molecule has 1 fully saturated rings. The molecule has 0 unspecified atom stereocenters. The van der Waals surface area contributed by atoms with Gasteiger partial charge in [-0.3, -0.25) is 9.69 Å². The maximum Gasteiger partial charge on any atom is 0.295 e. The number of nitrogens with zero attached hydrogens (tertiary/aromatic N) is 5. The van der Waals surface area contributed by atoms with Crippen molar-refractivity contribution < 1.29 is 0 Å². The SMILES string of the molecule is Cc1nnc(N2CCN(CCN)CC2)n(N)c1=O. The van der Waals surface area contributed by atoms with Crippen molar-refractivity contribution in [3.63, 3.8) is 0 Å². The van der Waals surface area contributed by atoms with Crippen LogP contribution < -0.4 is 22.0 Å². The monoisotopic (exact) mass is 253 g/mol. The van der Waals surface area contributed by atoms with E-state index in [4.69, 9.17) is 11.6 Å². The Morgan fingerprint density at radius 1 is 1.22 bits per heavy atom. The number of piperazine rings is 1. The average molecular weight is 253 g/mol. The quantitative estimate of drug-likeness (QED) is 0.586. The zero-order valence-corrected chi connectivity index (χ0v) is 10.5. The normalized spacial score (nSPS) is 17.1. The summed E-state index contributed by atoms with van der Waals surface area (Å²) in [6, 6.07) is 0. The van der Waals surface area contributed by atoms with Gasteiger partial charge in [0.15, 0.2) is 0 Å². The molecule has 1 aliphatic rings. The molecule has 1 aliphatic heterocycles. The minimum absolute atomic E-state index is 0.301. The van der Waals surface area contributed by atoms with Gasteiger partial charge in [0.1, 0.15) is 5.69 Å². The number of rotatable bonds is 3. The third-order valence-corrected chi connectivity index (χ3v) is 3.13. The summed E-state index contributed by atoms with van der Waals surface area (Å²) in [5.74, 6) is 6.16. The van der Waals surface area contributed by atoms with E-state index >= 15 is 0 Å². The molecule has 4 N–H and O–H groups in total. The molecule has 0 aliphatic carbocycles. The number of nitrogen functional groups attached to an aromatic ring is 1. The Morgan fingerprint density at radius 2 is 1.89 bits per heavy atom. The van der Waals surface area contributed by atoms with Gasteiger partial charge >= 0.3 is 0 Å². The summed E-state index contributed by atoms with van der Waals surface area (Å²) in [5, 5.41) is 7.84. The molecule has 0 bridgehead atoms. The van der Waals surface area contributed by atoms with Crippen LogP contribution in [0.25, 0.3) is 0 Å².